The van der Waals surface area contributed by atoms with Gasteiger partial charge in [0.25, 0.3) is 5.91 Å². The van der Waals surface area contributed by atoms with Crippen molar-refractivity contribution >= 4 is 22.7 Å². The molecule has 0 spiro atoms. The van der Waals surface area contributed by atoms with Gasteiger partial charge in [-0.25, -0.2) is 0 Å². The number of aromatic nitrogens is 1. The maximum atomic E-state index is 12.9. The Morgan fingerprint density at radius 1 is 1.06 bits per heavy atom. The number of hydrogen-bond acceptors (Lipinski definition) is 3. The summed E-state index contributed by atoms with van der Waals surface area (Å²) in [4.78, 5) is 30.9. The first-order valence-corrected chi connectivity index (χ1v) is 11.3. The van der Waals surface area contributed by atoms with Gasteiger partial charge in [-0.15, -0.1) is 0 Å². The Morgan fingerprint density at radius 2 is 1.78 bits per heavy atom. The maximum Gasteiger partial charge on any atom is 0.251 e. The van der Waals surface area contributed by atoms with Crippen molar-refractivity contribution in [1.29, 1.82) is 0 Å². The fourth-order valence-corrected chi connectivity index (χ4v) is 5.06. The number of nitrogens with one attached hydrogen (secondary N) is 2. The quantitative estimate of drug-likeness (QED) is 0.571. The van der Waals surface area contributed by atoms with Crippen LogP contribution in [0.5, 0.6) is 0 Å². The summed E-state index contributed by atoms with van der Waals surface area (Å²) in [6, 6.07) is 17.5. The minimum absolute atomic E-state index is 0.111. The van der Waals surface area contributed by atoms with E-state index >= 15 is 0 Å². The van der Waals surface area contributed by atoms with Gasteiger partial charge in [-0.2, -0.15) is 0 Å². The van der Waals surface area contributed by atoms with Gasteiger partial charge in [-0.05, 0) is 49.4 Å². The van der Waals surface area contributed by atoms with Crippen LogP contribution in [0.25, 0.3) is 10.9 Å². The Labute approximate surface area is 187 Å². The number of para-hydroxylation sites is 1. The highest BCUT2D eigenvalue weighted by Gasteiger charge is 2.66. The number of fused-ring (bicyclic) bond motifs is 1. The first-order chi connectivity index (χ1) is 15.6. The average Bonchev–Trinajstić information content (AvgIpc) is 3.50. The number of carbonyl (C=O) groups excluding carboxylic acids is 2. The van der Waals surface area contributed by atoms with Crippen LogP contribution in [0.2, 0.25) is 0 Å². The monoisotopic (exact) mass is 431 g/mol. The number of aromatic amines is 1. The third kappa shape index (κ3) is 3.58. The van der Waals surface area contributed by atoms with E-state index in [0.717, 1.165) is 31.2 Å². The zero-order valence-electron chi connectivity index (χ0n) is 18.4. The van der Waals surface area contributed by atoms with Crippen molar-refractivity contribution in [3.8, 4) is 0 Å². The molecular weight excluding hydrogens is 402 g/mol. The summed E-state index contributed by atoms with van der Waals surface area (Å²) >= 11 is 0. The summed E-state index contributed by atoms with van der Waals surface area (Å²) < 4.78 is 5.84. The van der Waals surface area contributed by atoms with Crippen molar-refractivity contribution < 1.29 is 14.3 Å². The summed E-state index contributed by atoms with van der Waals surface area (Å²) in [6.45, 7) is 1.01. The summed E-state index contributed by atoms with van der Waals surface area (Å²) in [7, 11) is 1.70. The highest BCUT2D eigenvalue weighted by Crippen LogP contribution is 2.51. The largest absolute Gasteiger partial charge is 0.376 e. The lowest BCUT2D eigenvalue weighted by Gasteiger charge is -2.54. The minimum Gasteiger partial charge on any atom is -0.376 e. The van der Waals surface area contributed by atoms with E-state index in [4.69, 9.17) is 4.74 Å². The number of H-pyrrole nitrogens is 1. The third-order valence-corrected chi connectivity index (χ3v) is 7.14. The molecule has 1 saturated carbocycles. The fraction of sp³-hybridized carbons (Fsp3) is 0.385. The van der Waals surface area contributed by atoms with Gasteiger partial charge in [0.1, 0.15) is 5.54 Å². The van der Waals surface area contributed by atoms with Gasteiger partial charge < -0.3 is 19.9 Å². The van der Waals surface area contributed by atoms with Crippen LogP contribution in [0.15, 0.2) is 60.8 Å². The van der Waals surface area contributed by atoms with Crippen molar-refractivity contribution in [3.05, 3.63) is 71.9 Å². The molecule has 0 atom stereocenters. The normalized spacial score (nSPS) is 18.2. The zero-order valence-corrected chi connectivity index (χ0v) is 18.4. The predicted molar refractivity (Wildman–Crippen MR) is 123 cm³/mol. The van der Waals surface area contributed by atoms with Gasteiger partial charge in [0.15, 0.2) is 0 Å². The number of aryl methyl sites for hydroxylation is 1. The van der Waals surface area contributed by atoms with E-state index < -0.39 is 5.54 Å². The van der Waals surface area contributed by atoms with E-state index in [1.807, 2.05) is 53.6 Å². The van der Waals surface area contributed by atoms with Crippen LogP contribution in [0.4, 0.5) is 0 Å². The third-order valence-electron chi connectivity index (χ3n) is 7.14. The second-order valence-electron chi connectivity index (χ2n) is 9.06. The molecule has 6 nitrogen and oxygen atoms in total. The molecule has 1 aliphatic carbocycles. The Kier molecular flexibility index (Phi) is 5.25. The molecule has 0 radical (unpaired) electrons. The van der Waals surface area contributed by atoms with E-state index in [9.17, 15) is 9.59 Å². The molecule has 2 aromatic carbocycles. The minimum atomic E-state index is -0.513. The molecule has 2 amide bonds. The van der Waals surface area contributed by atoms with Crippen molar-refractivity contribution in [1.82, 2.24) is 15.2 Å². The lowest BCUT2D eigenvalue weighted by Crippen LogP contribution is -2.77. The molecule has 0 unspecified atom stereocenters. The van der Waals surface area contributed by atoms with Crippen LogP contribution in [-0.4, -0.2) is 53.0 Å². The van der Waals surface area contributed by atoms with Crippen LogP contribution >= 0.6 is 0 Å². The van der Waals surface area contributed by atoms with Gasteiger partial charge in [0.05, 0.1) is 5.60 Å². The predicted octanol–water partition coefficient (Wildman–Crippen LogP) is 3.68. The SMILES string of the molecule is COC1(C2(NC(=O)c3ccccc3)CN(C(=O)CCCc3c[nH]c4ccccc34)C2)CC1. The number of methoxy groups -OCH3 is 1. The number of carbonyl (C=O) groups is 2. The van der Waals surface area contributed by atoms with Crippen molar-refractivity contribution in [2.45, 2.75) is 43.2 Å². The summed E-state index contributed by atoms with van der Waals surface area (Å²) in [5.41, 5.74) is 2.13. The van der Waals surface area contributed by atoms with Gasteiger partial charge in [0.2, 0.25) is 5.91 Å². The Bertz CT molecular complexity index is 1130. The molecule has 1 aliphatic heterocycles. The maximum absolute atomic E-state index is 12.9. The first kappa shape index (κ1) is 20.8. The Morgan fingerprint density at radius 3 is 2.50 bits per heavy atom. The van der Waals surface area contributed by atoms with Crippen LogP contribution in [0.1, 0.15) is 41.6 Å². The van der Waals surface area contributed by atoms with Crippen LogP contribution in [0, 0.1) is 0 Å². The second-order valence-corrected chi connectivity index (χ2v) is 9.06. The van der Waals surface area contributed by atoms with Gasteiger partial charge in [0, 0.05) is 49.3 Å². The molecule has 2 fully saturated rings. The molecule has 0 bridgehead atoms. The molecule has 1 saturated heterocycles. The number of benzene rings is 2. The highest BCUT2D eigenvalue weighted by molar-refractivity contribution is 5.95. The van der Waals surface area contributed by atoms with Crippen molar-refractivity contribution in [2.75, 3.05) is 20.2 Å². The molecule has 3 aromatic rings. The molecular formula is C26H29N3O3. The molecule has 32 heavy (non-hydrogen) atoms. The van der Waals surface area contributed by atoms with E-state index in [2.05, 4.69) is 22.4 Å². The summed E-state index contributed by atoms with van der Waals surface area (Å²) in [5.74, 6) is 0.0293. The summed E-state index contributed by atoms with van der Waals surface area (Å²) in [6.07, 6.45) is 6.01. The fourth-order valence-electron chi connectivity index (χ4n) is 5.06. The lowest BCUT2D eigenvalue weighted by atomic mass is 9.80. The second kappa shape index (κ2) is 8.10. The van der Waals surface area contributed by atoms with Crippen molar-refractivity contribution in [3.63, 3.8) is 0 Å². The first-order valence-electron chi connectivity index (χ1n) is 11.3. The van der Waals surface area contributed by atoms with Gasteiger partial charge >= 0.3 is 0 Å². The highest BCUT2D eigenvalue weighted by atomic mass is 16.5. The Balaban J connectivity index is 1.19. The number of amides is 2. The van der Waals surface area contributed by atoms with Crippen LogP contribution < -0.4 is 5.32 Å². The van der Waals surface area contributed by atoms with E-state index in [1.165, 1.54) is 10.9 Å². The van der Waals surface area contributed by atoms with E-state index in [0.29, 0.717) is 25.1 Å². The standard InChI is InChI=1S/C26H29N3O3/c1-32-26(14-15-26)25(28-24(31)19-8-3-2-4-9-19)17-29(18-25)23(30)13-7-10-20-16-27-22-12-6-5-11-21(20)22/h2-6,8-9,11-12,16,27H,7,10,13-15,17-18H2,1H3,(H,28,31). The number of rotatable bonds is 8. The molecule has 2 N–H and O–H groups in total. The smallest absolute Gasteiger partial charge is 0.251 e. The van der Waals surface area contributed by atoms with Crippen LogP contribution in [-0.2, 0) is 16.0 Å². The topological polar surface area (TPSA) is 74.4 Å². The zero-order chi connectivity index (χ0) is 22.2. The molecule has 6 heteroatoms. The van der Waals surface area contributed by atoms with Crippen molar-refractivity contribution in [2.24, 2.45) is 0 Å². The lowest BCUT2D eigenvalue weighted by molar-refractivity contribution is -0.148. The van der Waals surface area contributed by atoms with E-state index in [-0.39, 0.29) is 17.4 Å². The number of ether oxygens (including phenoxy) is 1. The number of nitrogens with zero attached hydrogens (tertiary/aromatic N) is 1. The molecule has 1 aromatic heterocycles. The van der Waals surface area contributed by atoms with Gasteiger partial charge in [-0.1, -0.05) is 36.4 Å². The van der Waals surface area contributed by atoms with E-state index in [1.54, 1.807) is 7.11 Å². The Hall–Kier alpha value is -3.12. The molecule has 2 heterocycles. The number of hydrogen-bond donors (Lipinski definition) is 2. The average molecular weight is 432 g/mol. The summed E-state index contributed by atoms with van der Waals surface area (Å²) in [5, 5.41) is 4.45. The van der Waals surface area contributed by atoms with Gasteiger partial charge in [-0.3, -0.25) is 9.59 Å². The molecule has 2 aliphatic rings. The van der Waals surface area contributed by atoms with Crippen LogP contribution in [0.3, 0.4) is 0 Å². The number of likely N-dealkylation sites (tertiary alicyclic amines) is 1. The molecule has 5 rings (SSSR count). The molecule has 166 valence electrons.